The fourth-order valence-electron chi connectivity index (χ4n) is 3.78. The Kier molecular flexibility index (Phi) is 7.77. The predicted molar refractivity (Wildman–Crippen MR) is 145 cm³/mol. The van der Waals surface area contributed by atoms with E-state index in [2.05, 4.69) is 52.2 Å². The minimum absolute atomic E-state index is 0.104. The summed E-state index contributed by atoms with van der Waals surface area (Å²) in [4.78, 5) is 25.9. The lowest BCUT2D eigenvalue weighted by molar-refractivity contribution is 0.101. The van der Waals surface area contributed by atoms with Gasteiger partial charge in [-0.2, -0.15) is 0 Å². The standard InChI is InChI=1S/C30H36N2O4/c1-7-29(3,4)19-13-15-21(25(33)17-19)27(35)31-23-11-9-10-12-24(23)32-28(36)22-16-14-20(18-26(22)34)30(5,6)8-2/h9-18,33-34H,7-8H2,1-6H3,(H,31,35)(H,32,36). The number of aromatic hydroxyl groups is 2. The zero-order chi connectivity index (χ0) is 26.7. The zero-order valence-corrected chi connectivity index (χ0v) is 21.9. The second-order valence-corrected chi connectivity index (χ2v) is 10.4. The van der Waals surface area contributed by atoms with Gasteiger partial charge in [-0.15, -0.1) is 0 Å². The number of amides is 2. The molecule has 0 radical (unpaired) electrons. The van der Waals surface area contributed by atoms with Crippen molar-refractivity contribution in [1.29, 1.82) is 0 Å². The van der Waals surface area contributed by atoms with Crippen molar-refractivity contribution in [1.82, 2.24) is 0 Å². The number of para-hydroxylation sites is 2. The van der Waals surface area contributed by atoms with Crippen molar-refractivity contribution in [3.63, 3.8) is 0 Å². The van der Waals surface area contributed by atoms with Crippen LogP contribution in [0, 0.1) is 0 Å². The van der Waals surface area contributed by atoms with Gasteiger partial charge in [0.1, 0.15) is 11.5 Å². The maximum Gasteiger partial charge on any atom is 0.259 e. The Morgan fingerprint density at radius 3 is 1.33 bits per heavy atom. The molecular weight excluding hydrogens is 452 g/mol. The number of hydrogen-bond acceptors (Lipinski definition) is 4. The van der Waals surface area contributed by atoms with E-state index in [1.807, 2.05) is 12.1 Å². The lowest BCUT2D eigenvalue weighted by Gasteiger charge is -2.24. The first kappa shape index (κ1) is 26.8. The molecule has 0 spiro atoms. The highest BCUT2D eigenvalue weighted by molar-refractivity contribution is 6.11. The minimum Gasteiger partial charge on any atom is -0.507 e. The van der Waals surface area contributed by atoms with E-state index < -0.39 is 11.8 Å². The maximum atomic E-state index is 13.0. The smallest absolute Gasteiger partial charge is 0.259 e. The summed E-state index contributed by atoms with van der Waals surface area (Å²) in [6.45, 7) is 12.5. The molecule has 0 atom stereocenters. The molecule has 0 aromatic heterocycles. The Morgan fingerprint density at radius 2 is 1.03 bits per heavy atom. The first-order valence-electron chi connectivity index (χ1n) is 12.3. The van der Waals surface area contributed by atoms with Gasteiger partial charge in [0, 0.05) is 0 Å². The fraction of sp³-hybridized carbons (Fsp3) is 0.333. The van der Waals surface area contributed by atoms with Crippen LogP contribution in [0.2, 0.25) is 0 Å². The maximum absolute atomic E-state index is 13.0. The highest BCUT2D eigenvalue weighted by atomic mass is 16.3. The molecule has 0 fully saturated rings. The second-order valence-electron chi connectivity index (χ2n) is 10.4. The molecule has 0 aliphatic rings. The van der Waals surface area contributed by atoms with Crippen LogP contribution in [0.3, 0.4) is 0 Å². The summed E-state index contributed by atoms with van der Waals surface area (Å²) >= 11 is 0. The number of phenols is 2. The van der Waals surface area contributed by atoms with Gasteiger partial charge in [-0.1, -0.05) is 65.8 Å². The predicted octanol–water partition coefficient (Wildman–Crippen LogP) is 6.98. The molecule has 0 unspecified atom stereocenters. The molecule has 0 bridgehead atoms. The minimum atomic E-state index is -0.496. The van der Waals surface area contributed by atoms with Gasteiger partial charge in [-0.25, -0.2) is 0 Å². The summed E-state index contributed by atoms with van der Waals surface area (Å²) in [6, 6.07) is 16.9. The van der Waals surface area contributed by atoms with Crippen molar-refractivity contribution in [2.24, 2.45) is 0 Å². The Balaban J connectivity index is 1.81. The lowest BCUT2D eigenvalue weighted by atomic mass is 9.82. The molecular formula is C30H36N2O4. The van der Waals surface area contributed by atoms with E-state index in [-0.39, 0.29) is 33.5 Å². The molecule has 2 amide bonds. The number of rotatable bonds is 8. The molecule has 4 N–H and O–H groups in total. The largest absolute Gasteiger partial charge is 0.507 e. The van der Waals surface area contributed by atoms with Crippen molar-refractivity contribution < 1.29 is 19.8 Å². The number of carbonyl (C=O) groups excluding carboxylic acids is 2. The van der Waals surface area contributed by atoms with Gasteiger partial charge >= 0.3 is 0 Å². The van der Waals surface area contributed by atoms with Crippen molar-refractivity contribution in [3.05, 3.63) is 82.9 Å². The Labute approximate surface area is 213 Å². The molecule has 6 nitrogen and oxygen atoms in total. The molecule has 6 heteroatoms. The number of carbonyl (C=O) groups is 2. The average Bonchev–Trinajstić information content (AvgIpc) is 2.84. The van der Waals surface area contributed by atoms with E-state index in [4.69, 9.17) is 0 Å². The van der Waals surface area contributed by atoms with Gasteiger partial charge in [-0.05, 0) is 71.2 Å². The normalized spacial score (nSPS) is 11.7. The van der Waals surface area contributed by atoms with Crippen molar-refractivity contribution in [3.8, 4) is 11.5 Å². The van der Waals surface area contributed by atoms with Crippen LogP contribution in [0.25, 0.3) is 0 Å². The summed E-state index contributed by atoms with van der Waals surface area (Å²) in [7, 11) is 0. The Hall–Kier alpha value is -3.80. The van der Waals surface area contributed by atoms with Gasteiger partial charge in [0.25, 0.3) is 11.8 Å². The first-order valence-corrected chi connectivity index (χ1v) is 12.3. The van der Waals surface area contributed by atoms with Crippen molar-refractivity contribution in [2.75, 3.05) is 10.6 Å². The van der Waals surface area contributed by atoms with Crippen molar-refractivity contribution in [2.45, 2.75) is 65.2 Å². The third-order valence-electron chi connectivity index (χ3n) is 7.24. The zero-order valence-electron chi connectivity index (χ0n) is 21.9. The Bertz CT molecular complexity index is 1180. The number of anilines is 2. The molecule has 0 aliphatic carbocycles. The van der Waals surface area contributed by atoms with Crippen LogP contribution in [0.15, 0.2) is 60.7 Å². The molecule has 3 aromatic rings. The molecule has 3 aromatic carbocycles. The van der Waals surface area contributed by atoms with Gasteiger partial charge in [0.2, 0.25) is 0 Å². The summed E-state index contributed by atoms with van der Waals surface area (Å²) in [5, 5.41) is 26.6. The quantitative estimate of drug-likeness (QED) is 0.275. The monoisotopic (exact) mass is 488 g/mol. The fourth-order valence-corrected chi connectivity index (χ4v) is 3.78. The number of phenolic OH excluding ortho intramolecular Hbond substituents is 2. The SMILES string of the molecule is CCC(C)(C)c1ccc(C(=O)Nc2ccccc2NC(=O)c2ccc(C(C)(C)CC)cc2O)c(O)c1. The van der Waals surface area contributed by atoms with E-state index in [0.717, 1.165) is 24.0 Å². The Morgan fingerprint density at radius 1 is 0.667 bits per heavy atom. The van der Waals surface area contributed by atoms with Gasteiger partial charge in [0.15, 0.2) is 0 Å². The summed E-state index contributed by atoms with van der Waals surface area (Å²) in [6.07, 6.45) is 1.78. The van der Waals surface area contributed by atoms with E-state index >= 15 is 0 Å². The van der Waals surface area contributed by atoms with Crippen LogP contribution in [0.4, 0.5) is 11.4 Å². The van der Waals surface area contributed by atoms with E-state index in [0.29, 0.717) is 11.4 Å². The van der Waals surface area contributed by atoms with E-state index in [9.17, 15) is 19.8 Å². The third kappa shape index (κ3) is 5.70. The van der Waals surface area contributed by atoms with E-state index in [1.165, 1.54) is 0 Å². The molecule has 190 valence electrons. The molecule has 0 saturated heterocycles. The number of nitrogens with one attached hydrogen (secondary N) is 2. The topological polar surface area (TPSA) is 98.7 Å². The number of hydrogen-bond donors (Lipinski definition) is 4. The van der Waals surface area contributed by atoms with Gasteiger partial charge in [0.05, 0.1) is 22.5 Å². The lowest BCUT2D eigenvalue weighted by Crippen LogP contribution is -2.19. The number of benzene rings is 3. The third-order valence-corrected chi connectivity index (χ3v) is 7.24. The highest BCUT2D eigenvalue weighted by Gasteiger charge is 2.23. The van der Waals surface area contributed by atoms with Crippen LogP contribution in [-0.2, 0) is 10.8 Å². The highest BCUT2D eigenvalue weighted by Crippen LogP contribution is 2.33. The molecule has 36 heavy (non-hydrogen) atoms. The van der Waals surface area contributed by atoms with E-state index in [1.54, 1.807) is 48.5 Å². The van der Waals surface area contributed by atoms with Crippen LogP contribution < -0.4 is 10.6 Å². The summed E-state index contributed by atoms with van der Waals surface area (Å²) in [5.74, 6) is -1.20. The van der Waals surface area contributed by atoms with Crippen molar-refractivity contribution >= 4 is 23.2 Å². The molecule has 3 rings (SSSR count). The van der Waals surface area contributed by atoms with Crippen LogP contribution in [0.5, 0.6) is 11.5 Å². The van der Waals surface area contributed by atoms with Crippen LogP contribution in [0.1, 0.15) is 86.2 Å². The summed E-state index contributed by atoms with van der Waals surface area (Å²) < 4.78 is 0. The second kappa shape index (κ2) is 10.4. The van der Waals surface area contributed by atoms with Crippen LogP contribution >= 0.6 is 0 Å². The van der Waals surface area contributed by atoms with Gasteiger partial charge < -0.3 is 20.8 Å². The van der Waals surface area contributed by atoms with Gasteiger partial charge in [-0.3, -0.25) is 9.59 Å². The summed E-state index contributed by atoms with van der Waals surface area (Å²) in [5.41, 5.74) is 2.66. The van der Waals surface area contributed by atoms with Crippen LogP contribution in [-0.4, -0.2) is 22.0 Å². The molecule has 0 saturated carbocycles. The molecule has 0 aliphatic heterocycles. The average molecular weight is 489 g/mol. The first-order chi connectivity index (χ1) is 16.9. The molecule has 0 heterocycles.